The minimum Gasteiger partial charge on any atom is -0.326 e. The zero-order valence-electron chi connectivity index (χ0n) is 14.2. The number of benzene rings is 2. The number of amides is 1. The SMILES string of the molecule is CN(CCCC(=O)Nc1cccc([N+](=O)[O-])c1)S(=O)(=O)c1ccccc1. The zero-order chi connectivity index (χ0) is 19.2. The third-order valence-corrected chi connectivity index (χ3v) is 5.54. The van der Waals surface area contributed by atoms with E-state index in [1.165, 1.54) is 41.7 Å². The van der Waals surface area contributed by atoms with E-state index in [4.69, 9.17) is 0 Å². The maximum Gasteiger partial charge on any atom is 0.271 e. The Hall–Kier alpha value is -2.78. The summed E-state index contributed by atoms with van der Waals surface area (Å²) < 4.78 is 25.9. The fourth-order valence-corrected chi connectivity index (χ4v) is 3.51. The van der Waals surface area contributed by atoms with Gasteiger partial charge in [0.05, 0.1) is 9.82 Å². The van der Waals surface area contributed by atoms with Crippen molar-refractivity contribution in [2.45, 2.75) is 17.7 Å². The Balaban J connectivity index is 1.86. The van der Waals surface area contributed by atoms with Gasteiger partial charge in [0.2, 0.25) is 15.9 Å². The van der Waals surface area contributed by atoms with Crippen LogP contribution in [0.1, 0.15) is 12.8 Å². The lowest BCUT2D eigenvalue weighted by Gasteiger charge is -2.17. The number of nitrogens with zero attached hydrogens (tertiary/aromatic N) is 2. The standard InChI is InChI=1S/C17H19N3O5S/c1-19(26(24,25)16-9-3-2-4-10-16)12-6-11-17(21)18-14-7-5-8-15(13-14)20(22)23/h2-5,7-10,13H,6,11-12H2,1H3,(H,18,21). The van der Waals surface area contributed by atoms with Gasteiger partial charge in [-0.15, -0.1) is 0 Å². The summed E-state index contributed by atoms with van der Waals surface area (Å²) in [7, 11) is -2.13. The third kappa shape index (κ3) is 5.11. The number of non-ortho nitro benzene ring substituents is 1. The Morgan fingerprint density at radius 3 is 2.50 bits per heavy atom. The second-order valence-electron chi connectivity index (χ2n) is 5.60. The maximum atomic E-state index is 12.4. The van der Waals surface area contributed by atoms with Crippen LogP contribution in [0.15, 0.2) is 59.5 Å². The Kier molecular flexibility index (Phi) is 6.42. The van der Waals surface area contributed by atoms with Gasteiger partial charge in [-0.1, -0.05) is 24.3 Å². The molecule has 0 aliphatic carbocycles. The van der Waals surface area contributed by atoms with Gasteiger partial charge in [-0.25, -0.2) is 12.7 Å². The summed E-state index contributed by atoms with van der Waals surface area (Å²) in [6.07, 6.45) is 0.417. The molecule has 0 atom stereocenters. The number of hydrogen-bond acceptors (Lipinski definition) is 5. The van der Waals surface area contributed by atoms with Crippen LogP contribution in [0.25, 0.3) is 0 Å². The van der Waals surface area contributed by atoms with Crippen LogP contribution in [0.5, 0.6) is 0 Å². The summed E-state index contributed by atoms with van der Waals surface area (Å²) >= 11 is 0. The highest BCUT2D eigenvalue weighted by Gasteiger charge is 2.20. The molecule has 1 N–H and O–H groups in total. The minimum atomic E-state index is -3.58. The summed E-state index contributed by atoms with van der Waals surface area (Å²) in [5.74, 6) is -0.337. The van der Waals surface area contributed by atoms with Crippen LogP contribution < -0.4 is 5.32 Å². The van der Waals surface area contributed by atoms with Crippen LogP contribution in [0.3, 0.4) is 0 Å². The number of carbonyl (C=O) groups excluding carboxylic acids is 1. The molecule has 0 saturated heterocycles. The van der Waals surface area contributed by atoms with E-state index in [-0.39, 0.29) is 29.5 Å². The highest BCUT2D eigenvalue weighted by atomic mass is 32.2. The molecule has 0 heterocycles. The van der Waals surface area contributed by atoms with Crippen molar-refractivity contribution in [3.63, 3.8) is 0 Å². The molecular formula is C17H19N3O5S. The highest BCUT2D eigenvalue weighted by molar-refractivity contribution is 7.89. The largest absolute Gasteiger partial charge is 0.326 e. The molecule has 0 fully saturated rings. The van der Waals surface area contributed by atoms with Gasteiger partial charge >= 0.3 is 0 Å². The summed E-state index contributed by atoms with van der Waals surface area (Å²) in [5.41, 5.74) is 0.214. The number of rotatable bonds is 8. The molecule has 2 aromatic carbocycles. The van der Waals surface area contributed by atoms with Gasteiger partial charge in [-0.3, -0.25) is 14.9 Å². The molecule has 2 rings (SSSR count). The molecule has 2 aromatic rings. The van der Waals surface area contributed by atoms with Gasteiger partial charge in [0.25, 0.3) is 5.69 Å². The molecule has 0 saturated carbocycles. The molecule has 0 bridgehead atoms. The van der Waals surface area contributed by atoms with Crippen LogP contribution in [0.4, 0.5) is 11.4 Å². The molecular weight excluding hydrogens is 358 g/mol. The van der Waals surface area contributed by atoms with Crippen molar-refractivity contribution in [3.05, 3.63) is 64.7 Å². The van der Waals surface area contributed by atoms with E-state index in [0.717, 1.165) is 0 Å². The van der Waals surface area contributed by atoms with Crippen molar-refractivity contribution < 1.29 is 18.1 Å². The first-order chi connectivity index (χ1) is 12.3. The number of hydrogen-bond donors (Lipinski definition) is 1. The third-order valence-electron chi connectivity index (χ3n) is 3.67. The lowest BCUT2D eigenvalue weighted by atomic mass is 10.2. The van der Waals surface area contributed by atoms with Gasteiger partial charge in [0, 0.05) is 37.8 Å². The molecule has 9 heteroatoms. The molecule has 0 spiro atoms. The minimum absolute atomic E-state index is 0.0946. The molecule has 8 nitrogen and oxygen atoms in total. The maximum absolute atomic E-state index is 12.4. The van der Waals surface area contributed by atoms with Gasteiger partial charge in [0.1, 0.15) is 0 Å². The number of nitro benzene ring substituents is 1. The molecule has 26 heavy (non-hydrogen) atoms. The first kappa shape index (κ1) is 19.5. The van der Waals surface area contributed by atoms with Crippen molar-refractivity contribution in [2.75, 3.05) is 18.9 Å². The van der Waals surface area contributed by atoms with Crippen molar-refractivity contribution in [3.8, 4) is 0 Å². The average Bonchev–Trinajstić information content (AvgIpc) is 2.62. The number of sulfonamides is 1. The smallest absolute Gasteiger partial charge is 0.271 e. The zero-order valence-corrected chi connectivity index (χ0v) is 15.0. The van der Waals surface area contributed by atoms with Crippen LogP contribution in [-0.4, -0.2) is 37.1 Å². The van der Waals surface area contributed by atoms with Crippen LogP contribution >= 0.6 is 0 Å². The summed E-state index contributed by atoms with van der Waals surface area (Å²) in [6.45, 7) is 0.180. The molecule has 1 amide bonds. The van der Waals surface area contributed by atoms with Crippen LogP contribution in [0, 0.1) is 10.1 Å². The number of nitrogens with one attached hydrogen (secondary N) is 1. The highest BCUT2D eigenvalue weighted by Crippen LogP contribution is 2.18. The fraction of sp³-hybridized carbons (Fsp3) is 0.235. The van der Waals surface area contributed by atoms with Crippen LogP contribution in [0.2, 0.25) is 0 Å². The lowest BCUT2D eigenvalue weighted by Crippen LogP contribution is -2.28. The molecule has 138 valence electrons. The summed E-state index contributed by atoms with van der Waals surface area (Å²) in [6, 6.07) is 13.7. The number of anilines is 1. The van der Waals surface area contributed by atoms with E-state index in [1.54, 1.807) is 24.3 Å². The van der Waals surface area contributed by atoms with E-state index < -0.39 is 14.9 Å². The Morgan fingerprint density at radius 2 is 1.85 bits per heavy atom. The number of carbonyl (C=O) groups is 1. The molecule has 0 aliphatic rings. The monoisotopic (exact) mass is 377 g/mol. The molecule has 0 aromatic heterocycles. The first-order valence-corrected chi connectivity index (χ1v) is 9.30. The van der Waals surface area contributed by atoms with Crippen molar-refractivity contribution in [1.82, 2.24) is 4.31 Å². The Morgan fingerprint density at radius 1 is 1.15 bits per heavy atom. The quantitative estimate of drug-likeness (QED) is 0.562. The second-order valence-corrected chi connectivity index (χ2v) is 7.64. The molecule has 0 radical (unpaired) electrons. The molecule has 0 unspecified atom stereocenters. The predicted octanol–water partition coefficient (Wildman–Crippen LogP) is 2.63. The second kappa shape index (κ2) is 8.54. The number of nitro groups is 1. The van der Waals surface area contributed by atoms with E-state index >= 15 is 0 Å². The van der Waals surface area contributed by atoms with E-state index in [9.17, 15) is 23.3 Å². The Bertz CT molecular complexity index is 884. The van der Waals surface area contributed by atoms with Gasteiger partial charge in [0.15, 0.2) is 0 Å². The Labute approximate surface area is 151 Å². The van der Waals surface area contributed by atoms with Crippen LogP contribution in [-0.2, 0) is 14.8 Å². The predicted molar refractivity (Wildman–Crippen MR) is 97.2 cm³/mol. The average molecular weight is 377 g/mol. The fourth-order valence-electron chi connectivity index (χ4n) is 2.28. The van der Waals surface area contributed by atoms with E-state index in [0.29, 0.717) is 12.1 Å². The lowest BCUT2D eigenvalue weighted by molar-refractivity contribution is -0.384. The molecule has 0 aliphatic heterocycles. The van der Waals surface area contributed by atoms with Gasteiger partial charge < -0.3 is 5.32 Å². The van der Waals surface area contributed by atoms with Crippen molar-refractivity contribution in [1.29, 1.82) is 0 Å². The first-order valence-electron chi connectivity index (χ1n) is 7.86. The van der Waals surface area contributed by atoms with Crippen molar-refractivity contribution in [2.24, 2.45) is 0 Å². The van der Waals surface area contributed by atoms with Gasteiger partial charge in [-0.05, 0) is 24.6 Å². The van der Waals surface area contributed by atoms with E-state index in [2.05, 4.69) is 5.32 Å². The van der Waals surface area contributed by atoms with E-state index in [1.807, 2.05) is 0 Å². The summed E-state index contributed by atoms with van der Waals surface area (Å²) in [4.78, 5) is 22.3. The summed E-state index contributed by atoms with van der Waals surface area (Å²) in [5, 5.41) is 13.3. The normalized spacial score (nSPS) is 11.3. The topological polar surface area (TPSA) is 110 Å². The van der Waals surface area contributed by atoms with Crippen molar-refractivity contribution >= 4 is 27.3 Å². The van der Waals surface area contributed by atoms with Gasteiger partial charge in [-0.2, -0.15) is 0 Å².